The highest BCUT2D eigenvalue weighted by atomic mass is 32.2. The Bertz CT molecular complexity index is 921. The molecular weight excluding hydrogens is 460 g/mol. The van der Waals surface area contributed by atoms with Gasteiger partial charge in [-0.2, -0.15) is 16.8 Å². The van der Waals surface area contributed by atoms with Crippen LogP contribution in [0.2, 0.25) is 0 Å². The zero-order chi connectivity index (χ0) is 24.9. The van der Waals surface area contributed by atoms with Gasteiger partial charge in [-0.05, 0) is 49.3 Å². The summed E-state index contributed by atoms with van der Waals surface area (Å²) in [7, 11) is -9.64. The SMILES string of the molecule is CCCCCCCCCc1cc(C)c(S(=O)(=O)O)c(S(=O)(=O)O)c1CCCCCCCCC. The van der Waals surface area contributed by atoms with Crippen molar-refractivity contribution in [1.29, 1.82) is 0 Å². The Labute approximate surface area is 202 Å². The van der Waals surface area contributed by atoms with Crippen LogP contribution < -0.4 is 0 Å². The molecule has 0 radical (unpaired) electrons. The Balaban J connectivity index is 3.11. The summed E-state index contributed by atoms with van der Waals surface area (Å²) in [6.45, 7) is 5.80. The number of unbranched alkanes of at least 4 members (excludes halogenated alkanes) is 12. The highest BCUT2D eigenvalue weighted by Gasteiger charge is 2.31. The zero-order valence-electron chi connectivity index (χ0n) is 20.7. The number of hydrogen-bond acceptors (Lipinski definition) is 4. The first-order chi connectivity index (χ1) is 15.5. The van der Waals surface area contributed by atoms with Gasteiger partial charge in [0.2, 0.25) is 0 Å². The Kier molecular flexibility index (Phi) is 13.8. The van der Waals surface area contributed by atoms with Crippen molar-refractivity contribution in [2.24, 2.45) is 0 Å². The van der Waals surface area contributed by atoms with E-state index in [1.165, 1.54) is 51.9 Å². The largest absolute Gasteiger partial charge is 0.296 e. The Morgan fingerprint density at radius 1 is 0.606 bits per heavy atom. The molecule has 0 fully saturated rings. The monoisotopic (exact) mass is 504 g/mol. The standard InChI is InChI=1S/C25H44O6S2/c1-4-6-8-10-12-14-16-18-22-20-21(3)24(32(26,27)28)25(33(29,30)31)23(22)19-17-15-13-11-9-7-5-2/h20H,4-19H2,1-3H3,(H,26,27,28)(H,29,30,31). The summed E-state index contributed by atoms with van der Waals surface area (Å²) in [6.07, 6.45) is 16.1. The van der Waals surface area contributed by atoms with Crippen LogP contribution in [-0.2, 0) is 33.1 Å². The lowest BCUT2D eigenvalue weighted by molar-refractivity contribution is 0.463. The van der Waals surface area contributed by atoms with Gasteiger partial charge in [0.15, 0.2) is 0 Å². The predicted molar refractivity (Wildman–Crippen MR) is 134 cm³/mol. The van der Waals surface area contributed by atoms with Crippen LogP contribution >= 0.6 is 0 Å². The first kappa shape index (κ1) is 30.1. The summed E-state index contributed by atoms with van der Waals surface area (Å²) in [6, 6.07) is 1.67. The minimum absolute atomic E-state index is 0.145. The first-order valence-corrected chi connectivity index (χ1v) is 15.5. The molecule has 0 amide bonds. The molecule has 0 saturated carbocycles. The number of hydrogen-bond donors (Lipinski definition) is 2. The second kappa shape index (κ2) is 15.1. The van der Waals surface area contributed by atoms with E-state index in [9.17, 15) is 25.9 Å². The predicted octanol–water partition coefficient (Wildman–Crippen LogP) is 7.07. The van der Waals surface area contributed by atoms with E-state index < -0.39 is 30.0 Å². The number of aryl methyl sites for hydroxylation is 2. The Hall–Kier alpha value is -0.960. The van der Waals surface area contributed by atoms with Gasteiger partial charge in [-0.25, -0.2) is 0 Å². The fourth-order valence-electron chi connectivity index (χ4n) is 4.50. The van der Waals surface area contributed by atoms with Crippen LogP contribution in [0.5, 0.6) is 0 Å². The second-order valence-electron chi connectivity index (χ2n) is 9.18. The molecular formula is C25H44O6S2. The molecule has 0 aliphatic carbocycles. The molecule has 8 heteroatoms. The highest BCUT2D eigenvalue weighted by molar-refractivity contribution is 7.89. The van der Waals surface area contributed by atoms with Crippen LogP contribution in [0.15, 0.2) is 15.9 Å². The average molecular weight is 505 g/mol. The molecule has 192 valence electrons. The molecule has 0 aliphatic rings. The normalized spacial score (nSPS) is 12.4. The summed E-state index contributed by atoms with van der Waals surface area (Å²) in [5.74, 6) is 0. The van der Waals surface area contributed by atoms with Crippen molar-refractivity contribution < 1.29 is 25.9 Å². The molecule has 1 aromatic rings. The summed E-state index contributed by atoms with van der Waals surface area (Å²) in [4.78, 5) is -1.32. The summed E-state index contributed by atoms with van der Waals surface area (Å²) < 4.78 is 68.3. The van der Waals surface area contributed by atoms with Gasteiger partial charge < -0.3 is 0 Å². The van der Waals surface area contributed by atoms with Crippen molar-refractivity contribution in [3.8, 4) is 0 Å². The lowest BCUT2D eigenvalue weighted by Crippen LogP contribution is -2.16. The summed E-state index contributed by atoms with van der Waals surface area (Å²) >= 11 is 0. The van der Waals surface area contributed by atoms with Crippen molar-refractivity contribution >= 4 is 20.2 Å². The smallest absolute Gasteiger partial charge is 0.282 e. The van der Waals surface area contributed by atoms with Gasteiger partial charge in [0.05, 0.1) is 0 Å². The fourth-order valence-corrected chi connectivity index (χ4v) is 6.89. The lowest BCUT2D eigenvalue weighted by atomic mass is 9.94. The average Bonchev–Trinajstić information content (AvgIpc) is 2.71. The number of rotatable bonds is 18. The van der Waals surface area contributed by atoms with Crippen molar-refractivity contribution in [3.05, 3.63) is 22.8 Å². The van der Waals surface area contributed by atoms with Gasteiger partial charge in [-0.3, -0.25) is 9.11 Å². The molecule has 1 aromatic carbocycles. The topological polar surface area (TPSA) is 109 Å². The molecule has 0 heterocycles. The molecule has 2 N–H and O–H groups in total. The minimum Gasteiger partial charge on any atom is -0.282 e. The van der Waals surface area contributed by atoms with Gasteiger partial charge in [0.1, 0.15) is 9.79 Å². The molecule has 0 aromatic heterocycles. The van der Waals surface area contributed by atoms with Crippen LogP contribution in [-0.4, -0.2) is 25.9 Å². The molecule has 0 atom stereocenters. The molecule has 6 nitrogen and oxygen atoms in total. The van der Waals surface area contributed by atoms with E-state index in [4.69, 9.17) is 0 Å². The van der Waals surface area contributed by atoms with Crippen LogP contribution in [0.25, 0.3) is 0 Å². The van der Waals surface area contributed by atoms with Crippen molar-refractivity contribution in [2.45, 2.75) is 133 Å². The maximum atomic E-state index is 12.3. The minimum atomic E-state index is -4.83. The third-order valence-electron chi connectivity index (χ3n) is 6.21. The van der Waals surface area contributed by atoms with Crippen molar-refractivity contribution in [1.82, 2.24) is 0 Å². The van der Waals surface area contributed by atoms with E-state index in [0.29, 0.717) is 24.8 Å². The third-order valence-corrected chi connectivity index (χ3v) is 8.35. The van der Waals surface area contributed by atoms with Crippen LogP contribution in [0.3, 0.4) is 0 Å². The molecule has 0 spiro atoms. The first-order valence-electron chi connectivity index (χ1n) is 12.6. The van der Waals surface area contributed by atoms with Crippen LogP contribution in [0.1, 0.15) is 120 Å². The molecule has 33 heavy (non-hydrogen) atoms. The summed E-state index contributed by atoms with van der Waals surface area (Å²) in [5.41, 5.74) is 1.24. The van der Waals surface area contributed by atoms with E-state index in [1.807, 2.05) is 0 Å². The van der Waals surface area contributed by atoms with E-state index in [1.54, 1.807) is 6.07 Å². The van der Waals surface area contributed by atoms with Gasteiger partial charge in [0.25, 0.3) is 20.2 Å². The van der Waals surface area contributed by atoms with Crippen molar-refractivity contribution in [3.63, 3.8) is 0 Å². The van der Waals surface area contributed by atoms with E-state index >= 15 is 0 Å². The van der Waals surface area contributed by atoms with E-state index in [0.717, 1.165) is 44.1 Å². The second-order valence-corrected chi connectivity index (χ2v) is 11.9. The maximum Gasteiger partial charge on any atom is 0.296 e. The fraction of sp³-hybridized carbons (Fsp3) is 0.760. The number of benzene rings is 1. The molecule has 0 bridgehead atoms. The van der Waals surface area contributed by atoms with Gasteiger partial charge in [-0.15, -0.1) is 0 Å². The zero-order valence-corrected chi connectivity index (χ0v) is 22.4. The van der Waals surface area contributed by atoms with Crippen molar-refractivity contribution in [2.75, 3.05) is 0 Å². The summed E-state index contributed by atoms with van der Waals surface area (Å²) in [5, 5.41) is 0. The highest BCUT2D eigenvalue weighted by Crippen LogP contribution is 2.33. The molecule has 0 aliphatic heterocycles. The van der Waals surface area contributed by atoms with Gasteiger partial charge in [-0.1, -0.05) is 97.0 Å². The maximum absolute atomic E-state index is 12.3. The van der Waals surface area contributed by atoms with E-state index in [2.05, 4.69) is 13.8 Å². The van der Waals surface area contributed by atoms with E-state index in [-0.39, 0.29) is 5.56 Å². The van der Waals surface area contributed by atoms with Crippen LogP contribution in [0.4, 0.5) is 0 Å². The molecule has 1 rings (SSSR count). The molecule has 0 saturated heterocycles. The van der Waals surface area contributed by atoms with Gasteiger partial charge in [0, 0.05) is 0 Å². The molecule has 0 unspecified atom stereocenters. The Morgan fingerprint density at radius 2 is 1.00 bits per heavy atom. The van der Waals surface area contributed by atoms with Gasteiger partial charge >= 0.3 is 0 Å². The Morgan fingerprint density at radius 3 is 1.42 bits per heavy atom. The quantitative estimate of drug-likeness (QED) is 0.163. The van der Waals surface area contributed by atoms with Crippen LogP contribution in [0, 0.1) is 6.92 Å². The lowest BCUT2D eigenvalue weighted by Gasteiger charge is -2.18. The third kappa shape index (κ3) is 10.9.